The predicted octanol–water partition coefficient (Wildman–Crippen LogP) is 4.36. The summed E-state index contributed by atoms with van der Waals surface area (Å²) in [5, 5.41) is 2.88. The van der Waals surface area contributed by atoms with Gasteiger partial charge in [0.2, 0.25) is 0 Å². The highest BCUT2D eigenvalue weighted by Crippen LogP contribution is 2.24. The average Bonchev–Trinajstić information content (AvgIpc) is 2.75. The molecule has 3 rings (SSSR count). The van der Waals surface area contributed by atoms with Crippen LogP contribution in [0.5, 0.6) is 5.75 Å². The van der Waals surface area contributed by atoms with E-state index in [0.717, 1.165) is 11.1 Å². The van der Waals surface area contributed by atoms with Crippen LogP contribution in [-0.4, -0.2) is 20.9 Å². The lowest BCUT2D eigenvalue weighted by Crippen LogP contribution is -2.31. The number of benzene rings is 3. The van der Waals surface area contributed by atoms with Crippen molar-refractivity contribution in [2.24, 2.45) is 0 Å². The maximum Gasteiger partial charge on any atom is 0.261 e. The highest BCUT2D eigenvalue weighted by molar-refractivity contribution is 7.92. The minimum atomic E-state index is -3.73. The van der Waals surface area contributed by atoms with Crippen molar-refractivity contribution in [2.75, 3.05) is 11.3 Å². The molecule has 0 radical (unpaired) electrons. The Morgan fingerprint density at radius 2 is 1.65 bits per heavy atom. The normalized spacial score (nSPS) is 12.1. The van der Waals surface area contributed by atoms with Crippen molar-refractivity contribution in [1.29, 1.82) is 0 Å². The van der Waals surface area contributed by atoms with Crippen molar-refractivity contribution in [3.05, 3.63) is 89.5 Å². The van der Waals surface area contributed by atoms with Gasteiger partial charge in [-0.15, -0.1) is 0 Å². The zero-order valence-electron chi connectivity index (χ0n) is 17.8. The van der Waals surface area contributed by atoms with Crippen LogP contribution in [0.15, 0.2) is 77.7 Å². The number of amides is 1. The molecule has 1 atom stereocenters. The van der Waals surface area contributed by atoms with Crippen LogP contribution in [0.2, 0.25) is 0 Å². The van der Waals surface area contributed by atoms with E-state index >= 15 is 0 Å². The molecule has 0 bridgehead atoms. The van der Waals surface area contributed by atoms with Gasteiger partial charge in [0.1, 0.15) is 5.75 Å². The van der Waals surface area contributed by atoms with E-state index in [1.807, 2.05) is 56.3 Å². The van der Waals surface area contributed by atoms with Gasteiger partial charge in [-0.25, -0.2) is 8.42 Å². The Bertz CT molecular complexity index is 1140. The predicted molar refractivity (Wildman–Crippen MR) is 122 cm³/mol. The topological polar surface area (TPSA) is 84.5 Å². The Balaban J connectivity index is 1.61. The number of sulfonamides is 1. The highest BCUT2D eigenvalue weighted by atomic mass is 32.2. The molecule has 6 nitrogen and oxygen atoms in total. The number of hydrogen-bond acceptors (Lipinski definition) is 4. The summed E-state index contributed by atoms with van der Waals surface area (Å²) in [6.45, 7) is 5.42. The molecule has 0 aliphatic heterocycles. The minimum absolute atomic E-state index is 0.125. The Kier molecular flexibility index (Phi) is 6.97. The fourth-order valence-electron chi connectivity index (χ4n) is 3.04. The van der Waals surface area contributed by atoms with Gasteiger partial charge in [0, 0.05) is 5.69 Å². The number of hydrogen-bond donors (Lipinski definition) is 2. The SMILES string of the molecule is Cc1ccc(NS(=O)(=O)c2ccc(OCC(=O)N[C@@H](C)c3ccccc3)c(C)c2)cc1. The van der Waals surface area contributed by atoms with E-state index in [1.54, 1.807) is 25.1 Å². The molecular formula is C24H26N2O4S. The lowest BCUT2D eigenvalue weighted by molar-refractivity contribution is -0.123. The van der Waals surface area contributed by atoms with E-state index in [0.29, 0.717) is 17.0 Å². The molecule has 0 aliphatic carbocycles. The molecule has 3 aromatic rings. The molecule has 1 amide bonds. The molecule has 0 heterocycles. The van der Waals surface area contributed by atoms with Crippen LogP contribution in [-0.2, 0) is 14.8 Å². The molecule has 2 N–H and O–H groups in total. The smallest absolute Gasteiger partial charge is 0.261 e. The van der Waals surface area contributed by atoms with E-state index in [-0.39, 0.29) is 23.5 Å². The summed E-state index contributed by atoms with van der Waals surface area (Å²) in [4.78, 5) is 12.3. The summed E-state index contributed by atoms with van der Waals surface area (Å²) in [6, 6.07) is 21.2. The van der Waals surface area contributed by atoms with Gasteiger partial charge in [-0.05, 0) is 62.2 Å². The van der Waals surface area contributed by atoms with Gasteiger partial charge in [-0.2, -0.15) is 0 Å². The largest absolute Gasteiger partial charge is 0.484 e. The number of nitrogens with one attached hydrogen (secondary N) is 2. The maximum atomic E-state index is 12.7. The lowest BCUT2D eigenvalue weighted by atomic mass is 10.1. The lowest BCUT2D eigenvalue weighted by Gasteiger charge is -2.15. The highest BCUT2D eigenvalue weighted by Gasteiger charge is 2.16. The molecule has 0 unspecified atom stereocenters. The van der Waals surface area contributed by atoms with Crippen molar-refractivity contribution in [2.45, 2.75) is 31.7 Å². The van der Waals surface area contributed by atoms with Crippen molar-refractivity contribution in [3.63, 3.8) is 0 Å². The van der Waals surface area contributed by atoms with Crippen LogP contribution in [0.3, 0.4) is 0 Å². The van der Waals surface area contributed by atoms with Crippen LogP contribution in [0.1, 0.15) is 29.7 Å². The monoisotopic (exact) mass is 438 g/mol. The van der Waals surface area contributed by atoms with Gasteiger partial charge in [-0.1, -0.05) is 48.0 Å². The third-order valence-electron chi connectivity index (χ3n) is 4.80. The summed E-state index contributed by atoms with van der Waals surface area (Å²) < 4.78 is 33.5. The first kappa shape index (κ1) is 22.4. The summed E-state index contributed by atoms with van der Waals surface area (Å²) >= 11 is 0. The molecule has 3 aromatic carbocycles. The molecule has 7 heteroatoms. The van der Waals surface area contributed by atoms with Gasteiger partial charge in [0.15, 0.2) is 6.61 Å². The fourth-order valence-corrected chi connectivity index (χ4v) is 4.18. The third-order valence-corrected chi connectivity index (χ3v) is 6.18. The van der Waals surface area contributed by atoms with Crippen LogP contribution in [0.4, 0.5) is 5.69 Å². The van der Waals surface area contributed by atoms with Crippen LogP contribution < -0.4 is 14.8 Å². The van der Waals surface area contributed by atoms with Crippen molar-refractivity contribution in [1.82, 2.24) is 5.32 Å². The van der Waals surface area contributed by atoms with Crippen molar-refractivity contribution >= 4 is 21.6 Å². The molecule has 0 saturated carbocycles. The number of carbonyl (C=O) groups excluding carboxylic acids is 1. The number of rotatable bonds is 8. The standard InChI is InChI=1S/C24H26N2O4S/c1-17-9-11-21(12-10-17)26-31(28,29)22-13-14-23(18(2)15-22)30-16-24(27)25-19(3)20-7-5-4-6-8-20/h4-15,19,26H,16H2,1-3H3,(H,25,27)/t19-/m0/s1. The number of aryl methyl sites for hydroxylation is 2. The zero-order valence-corrected chi connectivity index (χ0v) is 18.6. The van der Waals surface area contributed by atoms with Crippen LogP contribution >= 0.6 is 0 Å². The molecular weight excluding hydrogens is 412 g/mol. The summed E-state index contributed by atoms with van der Waals surface area (Å²) in [6.07, 6.45) is 0. The molecule has 0 aromatic heterocycles. The van der Waals surface area contributed by atoms with E-state index in [1.165, 1.54) is 12.1 Å². The second-order valence-corrected chi connectivity index (χ2v) is 9.07. The van der Waals surface area contributed by atoms with Crippen molar-refractivity contribution in [3.8, 4) is 5.75 Å². The molecule has 0 aliphatic rings. The first-order valence-corrected chi connectivity index (χ1v) is 11.4. The number of anilines is 1. The second-order valence-electron chi connectivity index (χ2n) is 7.39. The number of carbonyl (C=O) groups is 1. The van der Waals surface area contributed by atoms with Gasteiger partial charge >= 0.3 is 0 Å². The van der Waals surface area contributed by atoms with Gasteiger partial charge in [0.05, 0.1) is 10.9 Å². The summed E-state index contributed by atoms with van der Waals surface area (Å²) in [7, 11) is -3.73. The molecule has 31 heavy (non-hydrogen) atoms. The molecule has 162 valence electrons. The Hall–Kier alpha value is -3.32. The first-order chi connectivity index (χ1) is 14.7. The van der Waals surface area contributed by atoms with E-state index in [4.69, 9.17) is 4.74 Å². The van der Waals surface area contributed by atoms with Crippen LogP contribution in [0, 0.1) is 13.8 Å². The number of ether oxygens (including phenoxy) is 1. The summed E-state index contributed by atoms with van der Waals surface area (Å²) in [5.41, 5.74) is 3.16. The van der Waals surface area contributed by atoms with E-state index < -0.39 is 10.0 Å². The maximum absolute atomic E-state index is 12.7. The van der Waals surface area contributed by atoms with Gasteiger partial charge in [0.25, 0.3) is 15.9 Å². The van der Waals surface area contributed by atoms with Crippen molar-refractivity contribution < 1.29 is 17.9 Å². The van der Waals surface area contributed by atoms with Crippen LogP contribution in [0.25, 0.3) is 0 Å². The molecule has 0 fully saturated rings. The van der Waals surface area contributed by atoms with E-state index in [2.05, 4.69) is 10.0 Å². The third kappa shape index (κ3) is 6.08. The van der Waals surface area contributed by atoms with Gasteiger partial charge in [-0.3, -0.25) is 9.52 Å². The Labute approximate surface area is 183 Å². The Morgan fingerprint density at radius 3 is 2.29 bits per heavy atom. The molecule has 0 spiro atoms. The first-order valence-electron chi connectivity index (χ1n) is 9.92. The molecule has 0 saturated heterocycles. The Morgan fingerprint density at radius 1 is 0.968 bits per heavy atom. The average molecular weight is 439 g/mol. The zero-order chi connectivity index (χ0) is 22.4. The summed E-state index contributed by atoms with van der Waals surface area (Å²) in [5.74, 6) is 0.199. The van der Waals surface area contributed by atoms with E-state index in [9.17, 15) is 13.2 Å². The van der Waals surface area contributed by atoms with Gasteiger partial charge < -0.3 is 10.1 Å². The second kappa shape index (κ2) is 9.66. The minimum Gasteiger partial charge on any atom is -0.484 e. The quantitative estimate of drug-likeness (QED) is 0.547. The fraction of sp³-hybridized carbons (Fsp3) is 0.208.